The first-order valence-electron chi connectivity index (χ1n) is 5.48. The van der Waals surface area contributed by atoms with Crippen molar-refractivity contribution in [3.63, 3.8) is 0 Å². The smallest absolute Gasteiger partial charge is 0.360 e. The summed E-state index contributed by atoms with van der Waals surface area (Å²) in [6.45, 7) is 3.56. The zero-order chi connectivity index (χ0) is 11.4. The summed E-state index contributed by atoms with van der Waals surface area (Å²) in [6.07, 6.45) is 3.91. The third-order valence-corrected chi connectivity index (χ3v) is 2.44. The number of hydrogen-bond acceptors (Lipinski definition) is 5. The van der Waals surface area contributed by atoms with Crippen LogP contribution in [-0.2, 0) is 16.0 Å². The van der Waals surface area contributed by atoms with E-state index in [4.69, 9.17) is 9.47 Å². The van der Waals surface area contributed by atoms with Crippen LogP contribution in [0.4, 0.5) is 0 Å². The summed E-state index contributed by atoms with van der Waals surface area (Å²) in [5.41, 5.74) is 0.250. The molecule has 1 aliphatic heterocycles. The van der Waals surface area contributed by atoms with Crippen LogP contribution < -0.4 is 0 Å². The van der Waals surface area contributed by atoms with Gasteiger partial charge >= 0.3 is 5.97 Å². The van der Waals surface area contributed by atoms with E-state index in [-0.39, 0.29) is 11.8 Å². The molecule has 2 rings (SSSR count). The quantitative estimate of drug-likeness (QED) is 0.703. The zero-order valence-electron chi connectivity index (χ0n) is 9.26. The number of rotatable bonds is 4. The van der Waals surface area contributed by atoms with Gasteiger partial charge in [-0.3, -0.25) is 0 Å². The van der Waals surface area contributed by atoms with Crippen molar-refractivity contribution in [3.05, 3.63) is 11.9 Å². The molecule has 1 unspecified atom stereocenters. The molecule has 1 aromatic rings. The predicted molar refractivity (Wildman–Crippen MR) is 55.0 cm³/mol. The molecule has 0 aliphatic carbocycles. The molecule has 16 heavy (non-hydrogen) atoms. The highest BCUT2D eigenvalue weighted by Crippen LogP contribution is 2.13. The summed E-state index contributed by atoms with van der Waals surface area (Å²) >= 11 is 0. The summed E-state index contributed by atoms with van der Waals surface area (Å²) in [5, 5.41) is 7.63. The Kier molecular flexibility index (Phi) is 3.51. The van der Waals surface area contributed by atoms with Crippen molar-refractivity contribution in [1.82, 2.24) is 15.0 Å². The fourth-order valence-electron chi connectivity index (χ4n) is 1.68. The lowest BCUT2D eigenvalue weighted by Gasteiger charge is -2.07. The van der Waals surface area contributed by atoms with E-state index in [0.29, 0.717) is 13.2 Å². The molecule has 2 heterocycles. The van der Waals surface area contributed by atoms with E-state index >= 15 is 0 Å². The van der Waals surface area contributed by atoms with Crippen LogP contribution in [0.2, 0.25) is 0 Å². The van der Waals surface area contributed by atoms with Gasteiger partial charge in [0.15, 0.2) is 5.69 Å². The van der Waals surface area contributed by atoms with Crippen LogP contribution in [-0.4, -0.2) is 40.3 Å². The standard InChI is InChI=1S/C10H15N3O3/c1-2-15-10(14)9-7-13(12-11-9)6-8-4-3-5-16-8/h7-8H,2-6H2,1H3. The highest BCUT2D eigenvalue weighted by Gasteiger charge is 2.18. The number of aromatic nitrogens is 3. The Hall–Kier alpha value is -1.43. The Bertz CT molecular complexity index is 358. The van der Waals surface area contributed by atoms with Gasteiger partial charge in [0.25, 0.3) is 0 Å². The second-order valence-electron chi connectivity index (χ2n) is 3.68. The fourth-order valence-corrected chi connectivity index (χ4v) is 1.68. The van der Waals surface area contributed by atoms with Crippen molar-refractivity contribution in [2.24, 2.45) is 0 Å². The van der Waals surface area contributed by atoms with Gasteiger partial charge in [0.2, 0.25) is 0 Å². The summed E-state index contributed by atoms with van der Waals surface area (Å²) in [7, 11) is 0. The normalized spacial score (nSPS) is 19.9. The fraction of sp³-hybridized carbons (Fsp3) is 0.700. The van der Waals surface area contributed by atoms with Crippen molar-refractivity contribution < 1.29 is 14.3 Å². The topological polar surface area (TPSA) is 66.2 Å². The zero-order valence-corrected chi connectivity index (χ0v) is 9.26. The Morgan fingerprint density at radius 2 is 2.62 bits per heavy atom. The maximum absolute atomic E-state index is 11.3. The maximum Gasteiger partial charge on any atom is 0.360 e. The monoisotopic (exact) mass is 225 g/mol. The third-order valence-electron chi connectivity index (χ3n) is 2.44. The largest absolute Gasteiger partial charge is 0.461 e. The molecule has 0 radical (unpaired) electrons. The Morgan fingerprint density at radius 3 is 3.31 bits per heavy atom. The number of ether oxygens (including phenoxy) is 2. The summed E-state index contributed by atoms with van der Waals surface area (Å²) in [6, 6.07) is 0. The molecule has 88 valence electrons. The van der Waals surface area contributed by atoms with E-state index in [9.17, 15) is 4.79 Å². The second-order valence-corrected chi connectivity index (χ2v) is 3.68. The highest BCUT2D eigenvalue weighted by molar-refractivity contribution is 5.86. The molecule has 0 aromatic carbocycles. The van der Waals surface area contributed by atoms with Crippen LogP contribution in [0.25, 0.3) is 0 Å². The van der Waals surface area contributed by atoms with Gasteiger partial charge in [0.1, 0.15) is 0 Å². The van der Waals surface area contributed by atoms with Gasteiger partial charge in [-0.2, -0.15) is 0 Å². The molecule has 6 heteroatoms. The average molecular weight is 225 g/mol. The lowest BCUT2D eigenvalue weighted by molar-refractivity contribution is 0.0519. The molecule has 0 N–H and O–H groups in total. The first-order chi connectivity index (χ1) is 7.79. The number of hydrogen-bond donors (Lipinski definition) is 0. The minimum atomic E-state index is -0.430. The van der Waals surface area contributed by atoms with Gasteiger partial charge in [-0.25, -0.2) is 9.48 Å². The molecule has 0 amide bonds. The molecule has 1 atom stereocenters. The van der Waals surface area contributed by atoms with Crippen molar-refractivity contribution >= 4 is 5.97 Å². The van der Waals surface area contributed by atoms with Crippen molar-refractivity contribution in [3.8, 4) is 0 Å². The van der Waals surface area contributed by atoms with Crippen molar-refractivity contribution in [2.45, 2.75) is 32.4 Å². The molecule has 0 spiro atoms. The van der Waals surface area contributed by atoms with Crippen LogP contribution in [0.3, 0.4) is 0 Å². The lowest BCUT2D eigenvalue weighted by Crippen LogP contribution is -2.15. The van der Waals surface area contributed by atoms with Gasteiger partial charge < -0.3 is 9.47 Å². The van der Waals surface area contributed by atoms with Crippen molar-refractivity contribution in [1.29, 1.82) is 0 Å². The van der Waals surface area contributed by atoms with Gasteiger partial charge in [-0.05, 0) is 19.8 Å². The molecule has 0 bridgehead atoms. The Morgan fingerprint density at radius 1 is 1.75 bits per heavy atom. The minimum Gasteiger partial charge on any atom is -0.461 e. The summed E-state index contributed by atoms with van der Waals surface area (Å²) < 4.78 is 11.9. The molecule has 1 aliphatic rings. The predicted octanol–water partition coefficient (Wildman–Crippen LogP) is 0.634. The molecule has 1 fully saturated rings. The molecule has 1 saturated heterocycles. The van der Waals surface area contributed by atoms with E-state index in [1.54, 1.807) is 17.8 Å². The van der Waals surface area contributed by atoms with Gasteiger partial charge in [-0.15, -0.1) is 5.10 Å². The van der Waals surface area contributed by atoms with Gasteiger partial charge in [0, 0.05) is 6.61 Å². The van der Waals surface area contributed by atoms with E-state index in [0.717, 1.165) is 19.4 Å². The van der Waals surface area contributed by atoms with Crippen LogP contribution in [0.5, 0.6) is 0 Å². The molecular weight excluding hydrogens is 210 g/mol. The number of esters is 1. The molecular formula is C10H15N3O3. The number of carbonyl (C=O) groups is 1. The summed E-state index contributed by atoms with van der Waals surface area (Å²) in [4.78, 5) is 11.3. The number of carbonyl (C=O) groups excluding carboxylic acids is 1. The second kappa shape index (κ2) is 5.07. The van der Waals surface area contributed by atoms with Crippen LogP contribution in [0.15, 0.2) is 6.20 Å². The Balaban J connectivity index is 1.93. The van der Waals surface area contributed by atoms with E-state index in [2.05, 4.69) is 10.3 Å². The molecule has 0 saturated carbocycles. The first-order valence-corrected chi connectivity index (χ1v) is 5.48. The third kappa shape index (κ3) is 2.57. The maximum atomic E-state index is 11.3. The SMILES string of the molecule is CCOC(=O)c1cn(CC2CCCO2)nn1. The van der Waals surface area contributed by atoms with Crippen LogP contribution >= 0.6 is 0 Å². The van der Waals surface area contributed by atoms with Gasteiger partial charge in [-0.1, -0.05) is 5.21 Å². The molecule has 6 nitrogen and oxygen atoms in total. The van der Waals surface area contributed by atoms with Crippen LogP contribution in [0, 0.1) is 0 Å². The number of nitrogens with zero attached hydrogens (tertiary/aromatic N) is 3. The van der Waals surface area contributed by atoms with E-state index < -0.39 is 5.97 Å². The first kappa shape index (κ1) is 11.1. The summed E-state index contributed by atoms with van der Waals surface area (Å²) in [5.74, 6) is -0.430. The lowest BCUT2D eigenvalue weighted by atomic mass is 10.2. The average Bonchev–Trinajstić information content (AvgIpc) is 2.90. The Labute approximate surface area is 93.5 Å². The molecule has 1 aromatic heterocycles. The minimum absolute atomic E-state index is 0.191. The van der Waals surface area contributed by atoms with Gasteiger partial charge in [0.05, 0.1) is 25.5 Å². The van der Waals surface area contributed by atoms with Crippen molar-refractivity contribution in [2.75, 3.05) is 13.2 Å². The van der Waals surface area contributed by atoms with E-state index in [1.165, 1.54) is 0 Å². The van der Waals surface area contributed by atoms with Crippen LogP contribution in [0.1, 0.15) is 30.3 Å². The highest BCUT2D eigenvalue weighted by atomic mass is 16.5. The van der Waals surface area contributed by atoms with E-state index in [1.807, 2.05) is 0 Å².